The Kier molecular flexibility index (Phi) is 5.37. The lowest BCUT2D eigenvalue weighted by Crippen LogP contribution is -2.49. The molecule has 1 saturated heterocycles. The fourth-order valence-corrected chi connectivity index (χ4v) is 4.87. The first kappa shape index (κ1) is 19.4. The Morgan fingerprint density at radius 2 is 1.87 bits per heavy atom. The van der Waals surface area contributed by atoms with E-state index in [1.807, 2.05) is 36.4 Å². The van der Waals surface area contributed by atoms with Gasteiger partial charge in [-0.15, -0.1) is 11.3 Å². The summed E-state index contributed by atoms with van der Waals surface area (Å²) in [4.78, 5) is 38.6. The summed E-state index contributed by atoms with van der Waals surface area (Å²) in [6.07, 6.45) is 2.23. The highest BCUT2D eigenvalue weighted by molar-refractivity contribution is 7.21. The number of hydrogen-bond acceptors (Lipinski definition) is 6. The van der Waals surface area contributed by atoms with Crippen LogP contribution in [0.2, 0.25) is 0 Å². The molecule has 2 aliphatic rings. The normalized spacial score (nSPS) is 18.0. The summed E-state index contributed by atoms with van der Waals surface area (Å²) in [6, 6.07) is 12.4. The van der Waals surface area contributed by atoms with Crippen LogP contribution in [0.25, 0.3) is 20.7 Å². The van der Waals surface area contributed by atoms with Crippen molar-refractivity contribution in [2.45, 2.75) is 25.4 Å². The van der Waals surface area contributed by atoms with E-state index in [4.69, 9.17) is 4.98 Å². The molecule has 30 heavy (non-hydrogen) atoms. The molecular weight excluding hydrogens is 398 g/mol. The topological polar surface area (TPSA) is 81.3 Å². The molecule has 1 saturated carbocycles. The molecule has 0 spiro atoms. The highest BCUT2D eigenvalue weighted by atomic mass is 32.1. The summed E-state index contributed by atoms with van der Waals surface area (Å²) in [5.41, 5.74) is 1.02. The number of thiophene rings is 1. The Labute approximate surface area is 178 Å². The summed E-state index contributed by atoms with van der Waals surface area (Å²) >= 11 is 1.56. The molecule has 3 aromatic rings. The van der Waals surface area contributed by atoms with Crippen molar-refractivity contribution in [3.05, 3.63) is 52.6 Å². The molecule has 156 valence electrons. The smallest absolute Gasteiger partial charge is 0.259 e. The first-order valence-electron chi connectivity index (χ1n) is 10.5. The van der Waals surface area contributed by atoms with E-state index in [2.05, 4.69) is 20.1 Å². The van der Waals surface area contributed by atoms with Gasteiger partial charge < -0.3 is 10.3 Å². The van der Waals surface area contributed by atoms with Crippen LogP contribution in [-0.4, -0.2) is 64.4 Å². The van der Waals surface area contributed by atoms with Crippen LogP contribution in [0.3, 0.4) is 0 Å². The SMILES string of the molecule is O=C(CN1CCN(Cc2nc3sc(-c4ccccc4)cc3c(=O)[nH]2)CC1)NC1CC1. The van der Waals surface area contributed by atoms with Crippen LogP contribution in [0.15, 0.2) is 41.2 Å². The summed E-state index contributed by atoms with van der Waals surface area (Å²) in [5.74, 6) is 0.836. The second kappa shape index (κ2) is 8.29. The molecule has 1 amide bonds. The summed E-state index contributed by atoms with van der Waals surface area (Å²) in [7, 11) is 0. The number of amides is 1. The second-order valence-electron chi connectivity index (χ2n) is 8.10. The van der Waals surface area contributed by atoms with Crippen LogP contribution >= 0.6 is 11.3 Å². The standard InChI is InChI=1S/C22H25N5O2S/c28-20(23-16-6-7-16)14-27-10-8-26(9-11-27)13-19-24-21(29)17-12-18(30-22(17)25-19)15-4-2-1-3-5-15/h1-5,12,16H,6-11,13-14H2,(H,23,28)(H,24,25,29). The maximum Gasteiger partial charge on any atom is 0.259 e. The predicted octanol–water partition coefficient (Wildman–Crippen LogP) is 2.05. The molecule has 1 aliphatic carbocycles. The first-order valence-corrected chi connectivity index (χ1v) is 11.3. The van der Waals surface area contributed by atoms with Gasteiger partial charge in [-0.2, -0.15) is 0 Å². The van der Waals surface area contributed by atoms with Crippen LogP contribution in [0, 0.1) is 0 Å². The lowest BCUT2D eigenvalue weighted by molar-refractivity contribution is -0.122. The number of piperazine rings is 1. The van der Waals surface area contributed by atoms with E-state index >= 15 is 0 Å². The van der Waals surface area contributed by atoms with Crippen molar-refractivity contribution in [3.63, 3.8) is 0 Å². The molecule has 0 unspecified atom stereocenters. The number of H-pyrrole nitrogens is 1. The van der Waals surface area contributed by atoms with Gasteiger partial charge in [-0.25, -0.2) is 4.98 Å². The molecule has 0 atom stereocenters. The molecule has 2 fully saturated rings. The van der Waals surface area contributed by atoms with Gasteiger partial charge in [0.25, 0.3) is 5.56 Å². The van der Waals surface area contributed by atoms with Crippen LogP contribution < -0.4 is 10.9 Å². The summed E-state index contributed by atoms with van der Waals surface area (Å²) in [5, 5.41) is 3.69. The van der Waals surface area contributed by atoms with Crippen LogP contribution in [0.4, 0.5) is 0 Å². The Morgan fingerprint density at radius 3 is 2.60 bits per heavy atom. The number of hydrogen-bond donors (Lipinski definition) is 2. The minimum atomic E-state index is -0.0798. The largest absolute Gasteiger partial charge is 0.352 e. The van der Waals surface area contributed by atoms with Crippen LogP contribution in [0.1, 0.15) is 18.7 Å². The van der Waals surface area contributed by atoms with E-state index in [0.29, 0.717) is 30.3 Å². The fourth-order valence-electron chi connectivity index (χ4n) is 3.82. The lowest BCUT2D eigenvalue weighted by atomic mass is 10.2. The molecule has 5 rings (SSSR count). The number of carbonyl (C=O) groups excluding carboxylic acids is 1. The van der Waals surface area contributed by atoms with E-state index in [1.54, 1.807) is 11.3 Å². The molecule has 7 nitrogen and oxygen atoms in total. The average molecular weight is 424 g/mol. The van der Waals surface area contributed by atoms with Gasteiger partial charge >= 0.3 is 0 Å². The predicted molar refractivity (Wildman–Crippen MR) is 119 cm³/mol. The van der Waals surface area contributed by atoms with Gasteiger partial charge in [-0.3, -0.25) is 19.4 Å². The second-order valence-corrected chi connectivity index (χ2v) is 9.13. The van der Waals surface area contributed by atoms with Crippen molar-refractivity contribution in [3.8, 4) is 10.4 Å². The minimum absolute atomic E-state index is 0.0798. The molecule has 1 aliphatic heterocycles. The van der Waals surface area contributed by atoms with Gasteiger partial charge in [0.15, 0.2) is 0 Å². The van der Waals surface area contributed by atoms with Gasteiger partial charge in [-0.1, -0.05) is 30.3 Å². The molecule has 3 heterocycles. The fraction of sp³-hybridized carbons (Fsp3) is 0.409. The van der Waals surface area contributed by atoms with Crippen molar-refractivity contribution in [2.24, 2.45) is 0 Å². The third kappa shape index (κ3) is 4.45. The van der Waals surface area contributed by atoms with E-state index in [-0.39, 0.29) is 11.5 Å². The molecule has 0 bridgehead atoms. The van der Waals surface area contributed by atoms with Crippen LogP contribution in [-0.2, 0) is 11.3 Å². The zero-order valence-electron chi connectivity index (χ0n) is 16.8. The minimum Gasteiger partial charge on any atom is -0.352 e. The number of aromatic amines is 1. The highest BCUT2D eigenvalue weighted by Gasteiger charge is 2.25. The first-order chi connectivity index (χ1) is 14.6. The van der Waals surface area contributed by atoms with Crippen molar-refractivity contribution < 1.29 is 4.79 Å². The maximum absolute atomic E-state index is 12.6. The van der Waals surface area contributed by atoms with E-state index in [1.165, 1.54) is 0 Å². The monoisotopic (exact) mass is 423 g/mol. The van der Waals surface area contributed by atoms with Crippen molar-refractivity contribution in [1.29, 1.82) is 0 Å². The number of nitrogens with one attached hydrogen (secondary N) is 2. The third-order valence-electron chi connectivity index (χ3n) is 5.66. The van der Waals surface area contributed by atoms with Crippen LogP contribution in [0.5, 0.6) is 0 Å². The number of fused-ring (bicyclic) bond motifs is 1. The van der Waals surface area contributed by atoms with Gasteiger partial charge in [0.05, 0.1) is 18.5 Å². The van der Waals surface area contributed by atoms with Gasteiger partial charge in [-0.05, 0) is 24.5 Å². The van der Waals surface area contributed by atoms with E-state index in [0.717, 1.165) is 54.3 Å². The van der Waals surface area contributed by atoms with Crippen molar-refractivity contribution >= 4 is 27.5 Å². The number of rotatable bonds is 6. The molecule has 1 aromatic carbocycles. The molecule has 0 radical (unpaired) electrons. The Bertz CT molecular complexity index is 1100. The zero-order chi connectivity index (χ0) is 20.5. The lowest BCUT2D eigenvalue weighted by Gasteiger charge is -2.33. The molecule has 2 N–H and O–H groups in total. The Hall–Kier alpha value is -2.55. The Balaban J connectivity index is 1.22. The van der Waals surface area contributed by atoms with Gasteiger partial charge in [0.2, 0.25) is 5.91 Å². The van der Waals surface area contributed by atoms with Gasteiger partial charge in [0.1, 0.15) is 10.7 Å². The zero-order valence-corrected chi connectivity index (χ0v) is 17.6. The maximum atomic E-state index is 12.6. The van der Waals surface area contributed by atoms with Crippen molar-refractivity contribution in [2.75, 3.05) is 32.7 Å². The summed E-state index contributed by atoms with van der Waals surface area (Å²) in [6.45, 7) is 4.51. The summed E-state index contributed by atoms with van der Waals surface area (Å²) < 4.78 is 0. The van der Waals surface area contributed by atoms with E-state index in [9.17, 15) is 9.59 Å². The van der Waals surface area contributed by atoms with Crippen molar-refractivity contribution in [1.82, 2.24) is 25.1 Å². The van der Waals surface area contributed by atoms with E-state index < -0.39 is 0 Å². The third-order valence-corrected chi connectivity index (χ3v) is 6.74. The number of aromatic nitrogens is 2. The number of carbonyl (C=O) groups is 1. The highest BCUT2D eigenvalue weighted by Crippen LogP contribution is 2.30. The molecular formula is C22H25N5O2S. The number of nitrogens with zero attached hydrogens (tertiary/aromatic N) is 3. The average Bonchev–Trinajstić information content (AvgIpc) is 3.44. The molecule has 2 aromatic heterocycles. The van der Waals surface area contributed by atoms with Gasteiger partial charge in [0, 0.05) is 37.1 Å². The number of benzene rings is 1. The Morgan fingerprint density at radius 1 is 1.13 bits per heavy atom. The molecule has 8 heteroatoms. The quantitative estimate of drug-likeness (QED) is 0.634.